The highest BCUT2D eigenvalue weighted by Crippen LogP contribution is 2.28. The molecule has 0 saturated heterocycles. The first-order chi connectivity index (χ1) is 8.04. The Kier molecular flexibility index (Phi) is 2.90. The molecule has 1 N–H and O–H groups in total. The molecule has 0 radical (unpaired) electrons. The fourth-order valence-electron chi connectivity index (χ4n) is 1.76. The average Bonchev–Trinajstić information content (AvgIpc) is 2.27. The normalized spacial score (nSPS) is 11.5. The highest BCUT2D eigenvalue weighted by atomic mass is 32.2. The van der Waals surface area contributed by atoms with Crippen molar-refractivity contribution in [2.75, 3.05) is 5.75 Å². The molecular formula is C13H12O3S. The molecule has 0 spiro atoms. The lowest BCUT2D eigenvalue weighted by Crippen LogP contribution is -2.05. The van der Waals surface area contributed by atoms with Gasteiger partial charge in [-0.1, -0.05) is 30.3 Å². The molecule has 0 aromatic heterocycles. The number of phenolic OH excluding ortho intramolecular Hbond substituents is 1. The molecule has 2 rings (SSSR count). The van der Waals surface area contributed by atoms with Gasteiger partial charge in [0, 0.05) is 5.39 Å². The van der Waals surface area contributed by atoms with Crippen molar-refractivity contribution in [1.82, 2.24) is 0 Å². The lowest BCUT2D eigenvalue weighted by Gasteiger charge is -2.07. The number of aromatic hydroxyl groups is 1. The fraction of sp³-hybridized carbons (Fsp3) is 0.0769. The molecule has 0 aliphatic carbocycles. The highest BCUT2D eigenvalue weighted by molar-refractivity contribution is 7.91. The van der Waals surface area contributed by atoms with Gasteiger partial charge in [0.1, 0.15) is 5.75 Å². The Morgan fingerprint density at radius 2 is 1.94 bits per heavy atom. The van der Waals surface area contributed by atoms with Crippen LogP contribution < -0.4 is 0 Å². The Bertz CT molecular complexity index is 672. The van der Waals surface area contributed by atoms with E-state index in [0.29, 0.717) is 10.8 Å². The standard InChI is InChI=1S/C13H12O3S/c1-2-7-17(15,16)13-9-11(14)8-10-5-3-4-6-12(10)13/h2-6,8-9,14H,1,7H2. The van der Waals surface area contributed by atoms with E-state index in [0.717, 1.165) is 0 Å². The maximum Gasteiger partial charge on any atom is 0.182 e. The lowest BCUT2D eigenvalue weighted by atomic mass is 10.1. The van der Waals surface area contributed by atoms with Gasteiger partial charge in [0.15, 0.2) is 9.84 Å². The van der Waals surface area contributed by atoms with E-state index < -0.39 is 9.84 Å². The zero-order valence-electron chi connectivity index (χ0n) is 9.13. The molecule has 0 saturated carbocycles. The summed E-state index contributed by atoms with van der Waals surface area (Å²) in [6, 6.07) is 9.88. The second kappa shape index (κ2) is 4.22. The van der Waals surface area contributed by atoms with Crippen molar-refractivity contribution in [2.45, 2.75) is 4.90 Å². The van der Waals surface area contributed by atoms with Crippen LogP contribution in [0, 0.1) is 0 Å². The van der Waals surface area contributed by atoms with Crippen molar-refractivity contribution in [2.24, 2.45) is 0 Å². The maximum atomic E-state index is 12.0. The van der Waals surface area contributed by atoms with E-state index in [1.807, 2.05) is 0 Å². The van der Waals surface area contributed by atoms with Crippen LogP contribution in [0.2, 0.25) is 0 Å². The van der Waals surface area contributed by atoms with Crippen molar-refractivity contribution in [1.29, 1.82) is 0 Å². The molecule has 17 heavy (non-hydrogen) atoms. The number of phenols is 1. The van der Waals surface area contributed by atoms with Crippen LogP contribution in [-0.4, -0.2) is 19.3 Å². The minimum absolute atomic E-state index is 0.0497. The van der Waals surface area contributed by atoms with Crippen molar-refractivity contribution in [3.63, 3.8) is 0 Å². The molecule has 0 atom stereocenters. The van der Waals surface area contributed by atoms with E-state index in [4.69, 9.17) is 0 Å². The fourth-order valence-corrected chi connectivity index (χ4v) is 3.07. The molecule has 88 valence electrons. The summed E-state index contributed by atoms with van der Waals surface area (Å²) in [4.78, 5) is 0.146. The van der Waals surface area contributed by atoms with Crippen molar-refractivity contribution in [3.05, 3.63) is 49.1 Å². The summed E-state index contributed by atoms with van der Waals surface area (Å²) in [7, 11) is -3.44. The monoisotopic (exact) mass is 248 g/mol. The van der Waals surface area contributed by atoms with Gasteiger partial charge in [0.25, 0.3) is 0 Å². The summed E-state index contributed by atoms with van der Waals surface area (Å²) in [5, 5.41) is 10.9. The molecule has 2 aromatic rings. The molecule has 2 aromatic carbocycles. The number of hydrogen-bond acceptors (Lipinski definition) is 3. The van der Waals surface area contributed by atoms with Gasteiger partial charge in [-0.2, -0.15) is 0 Å². The second-order valence-electron chi connectivity index (χ2n) is 3.74. The van der Waals surface area contributed by atoms with Crippen LogP contribution >= 0.6 is 0 Å². The Morgan fingerprint density at radius 1 is 1.24 bits per heavy atom. The zero-order chi connectivity index (χ0) is 12.5. The number of sulfone groups is 1. The van der Waals surface area contributed by atoms with Crippen molar-refractivity contribution < 1.29 is 13.5 Å². The van der Waals surface area contributed by atoms with Gasteiger partial charge in [0.05, 0.1) is 10.6 Å². The van der Waals surface area contributed by atoms with Gasteiger partial charge < -0.3 is 5.11 Å². The summed E-state index contributed by atoms with van der Waals surface area (Å²) < 4.78 is 24.0. The third-order valence-corrected chi connectivity index (χ3v) is 4.16. The summed E-state index contributed by atoms with van der Waals surface area (Å²) >= 11 is 0. The molecule has 0 amide bonds. The largest absolute Gasteiger partial charge is 0.508 e. The lowest BCUT2D eigenvalue weighted by molar-refractivity contribution is 0.474. The van der Waals surface area contributed by atoms with E-state index in [1.54, 1.807) is 30.3 Å². The first kappa shape index (κ1) is 11.7. The first-order valence-corrected chi connectivity index (χ1v) is 6.75. The van der Waals surface area contributed by atoms with E-state index >= 15 is 0 Å². The Balaban J connectivity index is 2.81. The predicted molar refractivity (Wildman–Crippen MR) is 67.9 cm³/mol. The van der Waals surface area contributed by atoms with Crippen molar-refractivity contribution in [3.8, 4) is 5.75 Å². The maximum absolute atomic E-state index is 12.0. The van der Waals surface area contributed by atoms with Gasteiger partial charge >= 0.3 is 0 Å². The van der Waals surface area contributed by atoms with E-state index in [1.165, 1.54) is 12.1 Å². The minimum Gasteiger partial charge on any atom is -0.508 e. The molecule has 3 nitrogen and oxygen atoms in total. The van der Waals surface area contributed by atoms with E-state index in [9.17, 15) is 13.5 Å². The zero-order valence-corrected chi connectivity index (χ0v) is 9.94. The molecule has 0 aliphatic rings. The average molecular weight is 248 g/mol. The van der Waals surface area contributed by atoms with Crippen LogP contribution in [0.5, 0.6) is 5.75 Å². The van der Waals surface area contributed by atoms with Gasteiger partial charge in [-0.15, -0.1) is 6.58 Å². The Morgan fingerprint density at radius 3 is 2.65 bits per heavy atom. The highest BCUT2D eigenvalue weighted by Gasteiger charge is 2.16. The number of fused-ring (bicyclic) bond motifs is 1. The summed E-state index contributed by atoms with van der Waals surface area (Å²) in [5.41, 5.74) is 0. The van der Waals surface area contributed by atoms with Crippen LogP contribution in [0.15, 0.2) is 53.9 Å². The summed E-state index contributed by atoms with van der Waals surface area (Å²) in [5.74, 6) is -0.188. The molecule has 0 unspecified atom stereocenters. The number of benzene rings is 2. The predicted octanol–water partition coefficient (Wildman–Crippen LogP) is 2.51. The number of hydrogen-bond donors (Lipinski definition) is 1. The quantitative estimate of drug-likeness (QED) is 0.849. The summed E-state index contributed by atoms with van der Waals surface area (Å²) in [6.45, 7) is 3.43. The molecule has 0 aliphatic heterocycles. The molecule has 4 heteroatoms. The number of rotatable bonds is 3. The van der Waals surface area contributed by atoms with E-state index in [-0.39, 0.29) is 16.4 Å². The van der Waals surface area contributed by atoms with Crippen LogP contribution in [-0.2, 0) is 9.84 Å². The summed E-state index contributed by atoms with van der Waals surface area (Å²) in [6.07, 6.45) is 1.34. The SMILES string of the molecule is C=CCS(=O)(=O)c1cc(O)cc2ccccc12. The second-order valence-corrected chi connectivity index (χ2v) is 5.74. The molecule has 0 fully saturated rings. The van der Waals surface area contributed by atoms with E-state index in [2.05, 4.69) is 6.58 Å². The van der Waals surface area contributed by atoms with Crippen LogP contribution in [0.3, 0.4) is 0 Å². The van der Waals surface area contributed by atoms with Gasteiger partial charge in [0.2, 0.25) is 0 Å². The minimum atomic E-state index is -3.44. The third-order valence-electron chi connectivity index (χ3n) is 2.48. The smallest absolute Gasteiger partial charge is 0.182 e. The van der Waals surface area contributed by atoms with Crippen molar-refractivity contribution >= 4 is 20.6 Å². The first-order valence-electron chi connectivity index (χ1n) is 5.10. The van der Waals surface area contributed by atoms with Crippen LogP contribution in [0.25, 0.3) is 10.8 Å². The Labute approximate surface area is 99.9 Å². The molecule has 0 heterocycles. The van der Waals surface area contributed by atoms with Gasteiger partial charge in [-0.05, 0) is 17.5 Å². The molecular weight excluding hydrogens is 236 g/mol. The van der Waals surface area contributed by atoms with Crippen LogP contribution in [0.4, 0.5) is 0 Å². The van der Waals surface area contributed by atoms with Gasteiger partial charge in [-0.3, -0.25) is 0 Å². The topological polar surface area (TPSA) is 54.4 Å². The Hall–Kier alpha value is -1.81. The third kappa shape index (κ3) is 2.17. The molecule has 0 bridgehead atoms. The van der Waals surface area contributed by atoms with Gasteiger partial charge in [-0.25, -0.2) is 8.42 Å². The van der Waals surface area contributed by atoms with Crippen LogP contribution in [0.1, 0.15) is 0 Å².